The molecule has 0 saturated heterocycles. The summed E-state index contributed by atoms with van der Waals surface area (Å²) in [4.78, 5) is 36.6. The van der Waals surface area contributed by atoms with Gasteiger partial charge in [-0.05, 0) is 55.3 Å². The van der Waals surface area contributed by atoms with Gasteiger partial charge in [-0.3, -0.25) is 14.4 Å². The molecular weight excluding hydrogens is 387 g/mol. The van der Waals surface area contributed by atoms with Crippen LogP contribution < -0.4 is 16.2 Å². The van der Waals surface area contributed by atoms with E-state index < -0.39 is 23.2 Å². The molecule has 30 heavy (non-hydrogen) atoms. The molecule has 8 heteroatoms. The fraction of sp³-hybridized carbons (Fsp3) is 0.182. The first-order valence-electron chi connectivity index (χ1n) is 9.34. The predicted molar refractivity (Wildman–Crippen MR) is 112 cm³/mol. The van der Waals surface area contributed by atoms with Gasteiger partial charge in [0.2, 0.25) is 5.91 Å². The average molecular weight is 408 g/mol. The molecule has 2 amide bonds. The Bertz CT molecular complexity index is 1160. The van der Waals surface area contributed by atoms with E-state index in [4.69, 9.17) is 0 Å². The lowest BCUT2D eigenvalue weighted by Gasteiger charge is -2.09. The molecule has 0 atom stereocenters. The van der Waals surface area contributed by atoms with E-state index in [-0.39, 0.29) is 18.7 Å². The number of benzene rings is 2. The van der Waals surface area contributed by atoms with E-state index in [2.05, 4.69) is 15.7 Å². The number of nitrogens with one attached hydrogen (secondary N) is 2. The molecule has 0 bridgehead atoms. The zero-order chi connectivity index (χ0) is 21.7. The molecule has 1 heterocycles. The Kier molecular flexibility index (Phi) is 6.36. The quantitative estimate of drug-likeness (QED) is 0.655. The molecule has 0 saturated carbocycles. The topological polar surface area (TPSA) is 93.1 Å². The smallest absolute Gasteiger partial charge is 0.276 e. The fourth-order valence-corrected chi connectivity index (χ4v) is 2.75. The second-order valence-corrected chi connectivity index (χ2v) is 6.87. The van der Waals surface area contributed by atoms with Crippen LogP contribution in [-0.2, 0) is 11.3 Å². The van der Waals surface area contributed by atoms with E-state index in [1.54, 1.807) is 25.1 Å². The number of nitrogens with zero attached hydrogens (tertiary/aromatic N) is 2. The van der Waals surface area contributed by atoms with Gasteiger partial charge in [0.25, 0.3) is 11.5 Å². The van der Waals surface area contributed by atoms with E-state index in [0.29, 0.717) is 16.9 Å². The van der Waals surface area contributed by atoms with Gasteiger partial charge in [-0.1, -0.05) is 18.2 Å². The molecule has 3 aromatic rings. The number of aryl methyl sites for hydroxylation is 3. The van der Waals surface area contributed by atoms with Crippen molar-refractivity contribution in [2.24, 2.45) is 0 Å². The van der Waals surface area contributed by atoms with Crippen LogP contribution in [0.5, 0.6) is 0 Å². The number of hydrogen-bond acceptors (Lipinski definition) is 4. The van der Waals surface area contributed by atoms with Crippen LogP contribution in [-0.4, -0.2) is 21.6 Å². The number of hydrogen-bond donors (Lipinski definition) is 2. The summed E-state index contributed by atoms with van der Waals surface area (Å²) in [7, 11) is 0. The molecule has 2 N–H and O–H groups in total. The van der Waals surface area contributed by atoms with Gasteiger partial charge < -0.3 is 10.6 Å². The van der Waals surface area contributed by atoms with Crippen LogP contribution in [0.2, 0.25) is 0 Å². The SMILES string of the molecule is Cc1cccc(NC(=O)c2ccc(=O)n(CCC(=O)Nc3ccc(C)c(F)c3)n2)c1. The minimum atomic E-state index is -0.464. The molecule has 0 fully saturated rings. The number of halogens is 1. The maximum Gasteiger partial charge on any atom is 0.276 e. The first-order chi connectivity index (χ1) is 14.3. The zero-order valence-electron chi connectivity index (χ0n) is 16.6. The highest BCUT2D eigenvalue weighted by Crippen LogP contribution is 2.14. The first-order valence-corrected chi connectivity index (χ1v) is 9.34. The van der Waals surface area contributed by atoms with E-state index in [0.717, 1.165) is 10.2 Å². The molecule has 0 aliphatic rings. The Balaban J connectivity index is 1.64. The Hall–Kier alpha value is -3.81. The summed E-state index contributed by atoms with van der Waals surface area (Å²) < 4.78 is 14.6. The molecule has 7 nitrogen and oxygen atoms in total. The molecule has 0 radical (unpaired) electrons. The second kappa shape index (κ2) is 9.13. The van der Waals surface area contributed by atoms with Crippen molar-refractivity contribution in [3.8, 4) is 0 Å². The van der Waals surface area contributed by atoms with E-state index in [1.165, 1.54) is 18.2 Å². The fourth-order valence-electron chi connectivity index (χ4n) is 2.75. The largest absolute Gasteiger partial charge is 0.326 e. The van der Waals surface area contributed by atoms with Crippen molar-refractivity contribution in [3.63, 3.8) is 0 Å². The van der Waals surface area contributed by atoms with Crippen molar-refractivity contribution >= 4 is 23.2 Å². The Labute approximate surface area is 172 Å². The molecule has 1 aromatic heterocycles. The standard InChI is InChI=1S/C22H21FN4O3/c1-14-4-3-5-16(12-14)25-22(30)19-8-9-21(29)27(26-19)11-10-20(28)24-17-7-6-15(2)18(23)13-17/h3-9,12-13H,10-11H2,1-2H3,(H,24,28)(H,25,30). The van der Waals surface area contributed by atoms with Gasteiger partial charge in [-0.25, -0.2) is 9.07 Å². The van der Waals surface area contributed by atoms with E-state index in [9.17, 15) is 18.8 Å². The minimum Gasteiger partial charge on any atom is -0.326 e. The summed E-state index contributed by atoms with van der Waals surface area (Å²) in [6.45, 7) is 3.51. The van der Waals surface area contributed by atoms with Crippen molar-refractivity contribution in [2.45, 2.75) is 26.8 Å². The highest BCUT2D eigenvalue weighted by Gasteiger charge is 2.12. The number of rotatable bonds is 6. The third-order valence-electron chi connectivity index (χ3n) is 4.38. The third-order valence-corrected chi connectivity index (χ3v) is 4.38. The molecule has 0 aliphatic carbocycles. The highest BCUT2D eigenvalue weighted by molar-refractivity contribution is 6.02. The molecule has 2 aromatic carbocycles. The van der Waals surface area contributed by atoms with Gasteiger partial charge in [0.05, 0.1) is 6.54 Å². The molecule has 0 unspecified atom stereocenters. The van der Waals surface area contributed by atoms with Crippen LogP contribution in [0.1, 0.15) is 28.0 Å². The second-order valence-electron chi connectivity index (χ2n) is 6.87. The minimum absolute atomic E-state index is 0.0232. The lowest BCUT2D eigenvalue weighted by molar-refractivity contribution is -0.116. The summed E-state index contributed by atoms with van der Waals surface area (Å²) >= 11 is 0. The highest BCUT2D eigenvalue weighted by atomic mass is 19.1. The predicted octanol–water partition coefficient (Wildman–Crippen LogP) is 3.28. The number of carbonyl (C=O) groups is 2. The number of aromatic nitrogens is 2. The van der Waals surface area contributed by atoms with Gasteiger partial charge in [-0.2, -0.15) is 5.10 Å². The van der Waals surface area contributed by atoms with Crippen LogP contribution in [0, 0.1) is 19.7 Å². The van der Waals surface area contributed by atoms with Gasteiger partial charge in [0, 0.05) is 23.9 Å². The summed E-state index contributed by atoms with van der Waals surface area (Å²) in [6.07, 6.45) is -0.0641. The van der Waals surface area contributed by atoms with E-state index >= 15 is 0 Å². The van der Waals surface area contributed by atoms with Crippen LogP contribution >= 0.6 is 0 Å². The van der Waals surface area contributed by atoms with Gasteiger partial charge in [0.15, 0.2) is 0 Å². The van der Waals surface area contributed by atoms with Gasteiger partial charge in [-0.15, -0.1) is 0 Å². The lowest BCUT2D eigenvalue weighted by atomic mass is 10.2. The monoisotopic (exact) mass is 408 g/mol. The van der Waals surface area contributed by atoms with Crippen LogP contribution in [0.15, 0.2) is 59.4 Å². The van der Waals surface area contributed by atoms with Crippen molar-refractivity contribution < 1.29 is 14.0 Å². The third kappa shape index (κ3) is 5.38. The summed E-state index contributed by atoms with van der Waals surface area (Å²) in [5.41, 5.74) is 2.03. The van der Waals surface area contributed by atoms with Crippen molar-refractivity contribution in [1.82, 2.24) is 9.78 Å². The zero-order valence-corrected chi connectivity index (χ0v) is 16.6. The Morgan fingerprint density at radius 1 is 1.00 bits per heavy atom. The van der Waals surface area contributed by atoms with Gasteiger partial charge in [0.1, 0.15) is 11.5 Å². The van der Waals surface area contributed by atoms with Gasteiger partial charge >= 0.3 is 0 Å². The normalized spacial score (nSPS) is 10.5. The molecule has 0 spiro atoms. The van der Waals surface area contributed by atoms with Crippen LogP contribution in [0.4, 0.5) is 15.8 Å². The maximum absolute atomic E-state index is 13.6. The molecule has 3 rings (SSSR count). The van der Waals surface area contributed by atoms with Crippen LogP contribution in [0.25, 0.3) is 0 Å². The molecular formula is C22H21FN4O3. The maximum atomic E-state index is 13.6. The van der Waals surface area contributed by atoms with Crippen molar-refractivity contribution in [1.29, 1.82) is 0 Å². The summed E-state index contributed by atoms with van der Waals surface area (Å²) in [5.74, 6) is -1.28. The molecule has 154 valence electrons. The summed E-state index contributed by atoms with van der Waals surface area (Å²) in [5, 5.41) is 9.34. The van der Waals surface area contributed by atoms with Crippen molar-refractivity contribution in [3.05, 3.63) is 87.6 Å². The Morgan fingerprint density at radius 2 is 1.77 bits per heavy atom. The number of carbonyl (C=O) groups excluding carboxylic acids is 2. The van der Waals surface area contributed by atoms with E-state index in [1.807, 2.05) is 25.1 Å². The molecule has 0 aliphatic heterocycles. The lowest BCUT2D eigenvalue weighted by Crippen LogP contribution is -2.28. The Morgan fingerprint density at radius 3 is 2.50 bits per heavy atom. The number of anilines is 2. The van der Waals surface area contributed by atoms with Crippen LogP contribution in [0.3, 0.4) is 0 Å². The van der Waals surface area contributed by atoms with Crippen molar-refractivity contribution in [2.75, 3.05) is 10.6 Å². The average Bonchev–Trinajstić information content (AvgIpc) is 2.70. The summed E-state index contributed by atoms with van der Waals surface area (Å²) in [6, 6.07) is 14.2. The first kappa shape index (κ1) is 20.9. The number of amides is 2.